The van der Waals surface area contributed by atoms with Crippen LogP contribution in [0.1, 0.15) is 41.3 Å². The Bertz CT molecular complexity index is 938. The zero-order chi connectivity index (χ0) is 19.7. The van der Waals surface area contributed by atoms with Crippen molar-refractivity contribution in [3.05, 3.63) is 65.2 Å². The molecule has 1 N–H and O–H groups in total. The second-order valence-corrected chi connectivity index (χ2v) is 7.12. The van der Waals surface area contributed by atoms with Gasteiger partial charge in [-0.25, -0.2) is 4.79 Å². The summed E-state index contributed by atoms with van der Waals surface area (Å²) in [4.78, 5) is 39.5. The summed E-state index contributed by atoms with van der Waals surface area (Å²) in [5.41, 5.74) is 1.30. The number of fused-ring (bicyclic) bond motifs is 2. The van der Waals surface area contributed by atoms with Crippen molar-refractivity contribution in [2.24, 2.45) is 0 Å². The number of Topliss-reactive ketones (excluding diaryl/α,β-unsaturated/α-hetero) is 1. The van der Waals surface area contributed by atoms with Gasteiger partial charge in [-0.2, -0.15) is 0 Å². The molecule has 4 rings (SSSR count). The number of ketones is 1. The van der Waals surface area contributed by atoms with E-state index < -0.39 is 11.6 Å². The molecule has 1 aliphatic carbocycles. The van der Waals surface area contributed by atoms with Gasteiger partial charge in [0.25, 0.3) is 5.91 Å². The van der Waals surface area contributed by atoms with Crippen molar-refractivity contribution in [2.75, 3.05) is 13.2 Å². The average molecular weight is 378 g/mol. The summed E-state index contributed by atoms with van der Waals surface area (Å²) in [6.07, 6.45) is 2.23. The zero-order valence-corrected chi connectivity index (χ0v) is 15.7. The minimum Gasteiger partial charge on any atom is -0.494 e. The lowest BCUT2D eigenvalue weighted by atomic mass is 9.76. The molecule has 0 radical (unpaired) electrons. The third-order valence-corrected chi connectivity index (χ3v) is 5.44. The number of imide groups is 1. The highest BCUT2D eigenvalue weighted by atomic mass is 16.5. The van der Waals surface area contributed by atoms with E-state index in [1.807, 2.05) is 31.2 Å². The molecule has 1 saturated heterocycles. The number of carbonyl (C=O) groups excluding carboxylic acids is 3. The maximum absolute atomic E-state index is 13.2. The molecule has 6 nitrogen and oxygen atoms in total. The lowest BCUT2D eigenvalue weighted by Crippen LogP contribution is -2.46. The number of benzene rings is 2. The van der Waals surface area contributed by atoms with E-state index in [0.29, 0.717) is 24.3 Å². The Hall–Kier alpha value is -3.15. The number of amides is 3. The molecule has 0 unspecified atom stereocenters. The highest BCUT2D eigenvalue weighted by Crippen LogP contribution is 2.39. The normalized spacial score (nSPS) is 20.8. The number of ether oxygens (including phenoxy) is 1. The number of urea groups is 1. The van der Waals surface area contributed by atoms with Gasteiger partial charge in [-0.3, -0.25) is 14.5 Å². The Labute approximate surface area is 163 Å². The highest BCUT2D eigenvalue weighted by molar-refractivity contribution is 6.11. The molecule has 2 aliphatic rings. The van der Waals surface area contributed by atoms with Crippen molar-refractivity contribution in [2.45, 2.75) is 31.7 Å². The second-order valence-electron chi connectivity index (χ2n) is 7.12. The van der Waals surface area contributed by atoms with Crippen molar-refractivity contribution >= 4 is 17.7 Å². The zero-order valence-electron chi connectivity index (χ0n) is 15.7. The van der Waals surface area contributed by atoms with E-state index in [1.54, 1.807) is 24.3 Å². The molecule has 0 bridgehead atoms. The van der Waals surface area contributed by atoms with Gasteiger partial charge in [0.15, 0.2) is 5.78 Å². The first-order valence-electron chi connectivity index (χ1n) is 9.54. The fourth-order valence-corrected chi connectivity index (χ4v) is 4.09. The van der Waals surface area contributed by atoms with E-state index in [1.165, 1.54) is 0 Å². The smallest absolute Gasteiger partial charge is 0.325 e. The van der Waals surface area contributed by atoms with E-state index >= 15 is 0 Å². The van der Waals surface area contributed by atoms with Crippen LogP contribution in [0.4, 0.5) is 4.79 Å². The van der Waals surface area contributed by atoms with Crippen LogP contribution in [0, 0.1) is 0 Å². The lowest BCUT2D eigenvalue weighted by Gasteiger charge is -2.33. The monoisotopic (exact) mass is 378 g/mol. The molecular weight excluding hydrogens is 356 g/mol. The number of hydrogen-bond donors (Lipinski definition) is 1. The van der Waals surface area contributed by atoms with E-state index in [2.05, 4.69) is 5.32 Å². The van der Waals surface area contributed by atoms with Gasteiger partial charge in [0.1, 0.15) is 11.3 Å². The summed E-state index contributed by atoms with van der Waals surface area (Å²) in [7, 11) is 0. The van der Waals surface area contributed by atoms with Crippen molar-refractivity contribution in [1.82, 2.24) is 10.2 Å². The van der Waals surface area contributed by atoms with Gasteiger partial charge in [-0.05, 0) is 61.6 Å². The van der Waals surface area contributed by atoms with E-state index in [-0.39, 0.29) is 18.2 Å². The molecule has 1 spiro atoms. The Morgan fingerprint density at radius 1 is 1.14 bits per heavy atom. The van der Waals surface area contributed by atoms with Gasteiger partial charge in [0.05, 0.1) is 13.2 Å². The number of hydrogen-bond acceptors (Lipinski definition) is 4. The fourth-order valence-electron chi connectivity index (χ4n) is 4.09. The van der Waals surface area contributed by atoms with Crippen LogP contribution in [0.15, 0.2) is 48.5 Å². The number of nitrogens with one attached hydrogen (secondary N) is 1. The molecule has 1 fully saturated rings. The van der Waals surface area contributed by atoms with Crippen LogP contribution in [0.3, 0.4) is 0 Å². The third-order valence-electron chi connectivity index (χ3n) is 5.44. The standard InChI is InChI=1S/C22H22N2O4/c1-2-28-17-11-9-16(10-12-17)19(25)14-24-20(26)22(23-21(24)27)13-5-7-15-6-3-4-8-18(15)22/h3-4,6,8-12H,2,5,7,13-14H2,1H3,(H,23,27)/t22-/m1/s1. The number of rotatable bonds is 5. The highest BCUT2D eigenvalue weighted by Gasteiger charge is 2.54. The van der Waals surface area contributed by atoms with Crippen LogP contribution < -0.4 is 10.1 Å². The van der Waals surface area contributed by atoms with Gasteiger partial charge in [-0.15, -0.1) is 0 Å². The number of aryl methyl sites for hydroxylation is 1. The van der Waals surface area contributed by atoms with Gasteiger partial charge in [-0.1, -0.05) is 24.3 Å². The van der Waals surface area contributed by atoms with E-state index in [4.69, 9.17) is 4.74 Å². The Balaban J connectivity index is 1.56. The van der Waals surface area contributed by atoms with Crippen molar-refractivity contribution in [3.8, 4) is 5.75 Å². The Morgan fingerprint density at radius 2 is 1.89 bits per heavy atom. The second kappa shape index (κ2) is 7.11. The summed E-state index contributed by atoms with van der Waals surface area (Å²) < 4.78 is 5.38. The van der Waals surface area contributed by atoms with Crippen molar-refractivity contribution in [3.63, 3.8) is 0 Å². The predicted molar refractivity (Wildman–Crippen MR) is 103 cm³/mol. The van der Waals surface area contributed by atoms with Gasteiger partial charge in [0.2, 0.25) is 0 Å². The average Bonchev–Trinajstić information content (AvgIpc) is 2.94. The minimum atomic E-state index is -1.05. The molecule has 1 aliphatic heterocycles. The topological polar surface area (TPSA) is 75.7 Å². The molecule has 0 saturated carbocycles. The van der Waals surface area contributed by atoms with Gasteiger partial charge >= 0.3 is 6.03 Å². The molecule has 2 aromatic carbocycles. The Kier molecular flexibility index (Phi) is 4.63. The van der Waals surface area contributed by atoms with Crippen molar-refractivity contribution < 1.29 is 19.1 Å². The predicted octanol–water partition coefficient (Wildman–Crippen LogP) is 3.05. The van der Waals surface area contributed by atoms with E-state index in [0.717, 1.165) is 28.9 Å². The maximum atomic E-state index is 13.2. The molecule has 1 atom stereocenters. The first kappa shape index (κ1) is 18.2. The Morgan fingerprint density at radius 3 is 2.64 bits per heavy atom. The van der Waals surface area contributed by atoms with Gasteiger partial charge in [0, 0.05) is 5.56 Å². The van der Waals surface area contributed by atoms with Crippen molar-refractivity contribution in [1.29, 1.82) is 0 Å². The third kappa shape index (κ3) is 2.95. The van der Waals surface area contributed by atoms with Crippen LogP contribution in [0.25, 0.3) is 0 Å². The molecular formula is C22H22N2O4. The van der Waals surface area contributed by atoms with Crippen LogP contribution in [0.5, 0.6) is 5.75 Å². The summed E-state index contributed by atoms with van der Waals surface area (Å²) in [5.74, 6) is 0.0448. The van der Waals surface area contributed by atoms with Crippen LogP contribution in [-0.4, -0.2) is 35.8 Å². The first-order chi connectivity index (χ1) is 13.5. The molecule has 0 aromatic heterocycles. The summed E-state index contributed by atoms with van der Waals surface area (Å²) in [6.45, 7) is 2.15. The van der Waals surface area contributed by atoms with E-state index in [9.17, 15) is 14.4 Å². The quantitative estimate of drug-likeness (QED) is 0.641. The minimum absolute atomic E-state index is 0.275. The molecule has 6 heteroatoms. The maximum Gasteiger partial charge on any atom is 0.325 e. The number of carbonyl (C=O) groups is 3. The molecule has 3 amide bonds. The van der Waals surface area contributed by atoms with Crippen LogP contribution >= 0.6 is 0 Å². The molecule has 2 aromatic rings. The first-order valence-corrected chi connectivity index (χ1v) is 9.54. The van der Waals surface area contributed by atoms with Gasteiger partial charge < -0.3 is 10.1 Å². The molecule has 28 heavy (non-hydrogen) atoms. The van der Waals surface area contributed by atoms with Crippen LogP contribution in [-0.2, 0) is 16.8 Å². The largest absolute Gasteiger partial charge is 0.494 e. The lowest BCUT2D eigenvalue weighted by molar-refractivity contribution is -0.131. The van der Waals surface area contributed by atoms with Crippen LogP contribution in [0.2, 0.25) is 0 Å². The molecule has 1 heterocycles. The SMILES string of the molecule is CCOc1ccc(C(=O)CN2C(=O)N[C@@]3(CCCc4ccccc43)C2=O)cc1. The summed E-state index contributed by atoms with van der Waals surface area (Å²) in [6, 6.07) is 13.9. The fraction of sp³-hybridized carbons (Fsp3) is 0.318. The summed E-state index contributed by atoms with van der Waals surface area (Å²) in [5, 5.41) is 2.87. The summed E-state index contributed by atoms with van der Waals surface area (Å²) >= 11 is 0. The molecule has 144 valence electrons. The number of nitrogens with zero attached hydrogens (tertiary/aromatic N) is 1.